The van der Waals surface area contributed by atoms with Crippen LogP contribution in [0.1, 0.15) is 40.0 Å². The molecule has 0 N–H and O–H groups in total. The first-order valence-corrected chi connectivity index (χ1v) is 7.52. The van der Waals surface area contributed by atoms with Crippen molar-refractivity contribution in [3.63, 3.8) is 0 Å². The molecule has 0 radical (unpaired) electrons. The minimum Gasteiger partial charge on any atom is -0.268 e. The van der Waals surface area contributed by atoms with E-state index in [1.165, 1.54) is 0 Å². The summed E-state index contributed by atoms with van der Waals surface area (Å²) in [5, 5.41) is 0. The summed E-state index contributed by atoms with van der Waals surface area (Å²) < 4.78 is 26.0. The largest absolute Gasteiger partial charge is 0.268 e. The van der Waals surface area contributed by atoms with Crippen LogP contribution in [-0.2, 0) is 14.8 Å². The fourth-order valence-electron chi connectivity index (χ4n) is 3.51. The van der Waals surface area contributed by atoms with Gasteiger partial charge in [0.2, 0.25) is 0 Å². The summed E-state index contributed by atoms with van der Waals surface area (Å²) in [6, 6.07) is 0. The number of amides is 1. The van der Waals surface area contributed by atoms with Gasteiger partial charge in [0.05, 0.1) is 10.4 Å². The Bertz CT molecular complexity index is 539. The Kier molecular flexibility index (Phi) is 1.95. The van der Waals surface area contributed by atoms with Gasteiger partial charge in [-0.15, -0.1) is 0 Å². The van der Waals surface area contributed by atoms with Crippen LogP contribution in [-0.4, -0.2) is 24.2 Å². The normalized spacial score (nSPS) is 34.8. The zero-order valence-electron chi connectivity index (χ0n) is 10.4. The van der Waals surface area contributed by atoms with Crippen molar-refractivity contribution in [2.45, 2.75) is 45.6 Å². The highest BCUT2D eigenvalue weighted by Crippen LogP contribution is 2.55. The summed E-state index contributed by atoms with van der Waals surface area (Å²) in [6.07, 6.45) is 2.77. The Hall–Kier alpha value is -0.840. The highest BCUT2D eigenvalue weighted by Gasteiger charge is 2.57. The molecule has 3 aliphatic rings. The number of carbonyl (C=O) groups is 1. The Morgan fingerprint density at radius 2 is 1.76 bits per heavy atom. The number of sulfonamides is 1. The fourth-order valence-corrected chi connectivity index (χ4v) is 5.92. The lowest BCUT2D eigenvalue weighted by molar-refractivity contribution is -0.125. The molecule has 0 aromatic heterocycles. The van der Waals surface area contributed by atoms with Crippen molar-refractivity contribution in [2.75, 3.05) is 0 Å². The predicted octanol–water partition coefficient (Wildman–Crippen LogP) is 1.64. The molecule has 0 aromatic rings. The molecule has 94 valence electrons. The Balaban J connectivity index is 2.18. The van der Waals surface area contributed by atoms with Crippen molar-refractivity contribution in [1.29, 1.82) is 0 Å². The third kappa shape index (κ3) is 1.23. The number of nitrogens with zero attached hydrogens (tertiary/aromatic N) is 1. The van der Waals surface area contributed by atoms with Crippen molar-refractivity contribution in [1.82, 2.24) is 4.31 Å². The van der Waals surface area contributed by atoms with Crippen molar-refractivity contribution >= 4 is 15.9 Å². The van der Waals surface area contributed by atoms with E-state index in [9.17, 15) is 13.2 Å². The molecule has 1 aliphatic heterocycles. The second-order valence-electron chi connectivity index (χ2n) is 6.23. The molecule has 3 rings (SSSR count). The summed E-state index contributed by atoms with van der Waals surface area (Å²) in [5.74, 6) is 0.0422. The quantitative estimate of drug-likeness (QED) is 0.661. The summed E-state index contributed by atoms with van der Waals surface area (Å²) in [4.78, 5) is 12.8. The van der Waals surface area contributed by atoms with E-state index in [4.69, 9.17) is 0 Å². The van der Waals surface area contributed by atoms with Gasteiger partial charge in [-0.1, -0.05) is 0 Å². The molecule has 5 heteroatoms. The zero-order chi connectivity index (χ0) is 12.6. The number of fused-ring (bicyclic) bond motifs is 4. The van der Waals surface area contributed by atoms with Gasteiger partial charge in [-0.25, -0.2) is 12.7 Å². The van der Waals surface area contributed by atoms with E-state index in [0.717, 1.165) is 23.6 Å². The molecule has 2 unspecified atom stereocenters. The highest BCUT2D eigenvalue weighted by molar-refractivity contribution is 7.94. The van der Waals surface area contributed by atoms with Crippen molar-refractivity contribution in [3.8, 4) is 0 Å². The van der Waals surface area contributed by atoms with E-state index in [1.807, 2.05) is 0 Å². The van der Waals surface area contributed by atoms with Crippen LogP contribution in [0.4, 0.5) is 0 Å². The van der Waals surface area contributed by atoms with E-state index < -0.39 is 15.6 Å². The van der Waals surface area contributed by atoms with Gasteiger partial charge < -0.3 is 0 Å². The van der Waals surface area contributed by atoms with Crippen molar-refractivity contribution in [2.24, 2.45) is 11.8 Å². The predicted molar refractivity (Wildman–Crippen MR) is 63.4 cm³/mol. The minimum absolute atomic E-state index is 0.108. The van der Waals surface area contributed by atoms with Crippen LogP contribution >= 0.6 is 0 Å². The van der Waals surface area contributed by atoms with Crippen molar-refractivity contribution in [3.05, 3.63) is 10.5 Å². The van der Waals surface area contributed by atoms with Crippen LogP contribution in [0, 0.1) is 11.8 Å². The van der Waals surface area contributed by atoms with Crippen LogP contribution in [0.3, 0.4) is 0 Å². The molecule has 0 spiro atoms. The van der Waals surface area contributed by atoms with E-state index in [1.54, 1.807) is 20.8 Å². The Morgan fingerprint density at radius 1 is 1.18 bits per heavy atom. The molecule has 0 saturated heterocycles. The number of allylic oxidation sites excluding steroid dienone is 1. The fraction of sp³-hybridized carbons (Fsp3) is 0.750. The summed E-state index contributed by atoms with van der Waals surface area (Å²) >= 11 is 0. The van der Waals surface area contributed by atoms with Crippen LogP contribution in [0.2, 0.25) is 0 Å². The van der Waals surface area contributed by atoms with E-state index in [0.29, 0.717) is 10.5 Å². The SMILES string of the molecule is CC(C)(C)N1C(=O)C2=C(C3CCC2C3)S1(=O)=O. The van der Waals surface area contributed by atoms with Gasteiger partial charge in [-0.2, -0.15) is 0 Å². The maximum atomic E-state index is 12.5. The van der Waals surface area contributed by atoms with Crippen LogP contribution < -0.4 is 0 Å². The minimum atomic E-state index is -3.54. The van der Waals surface area contributed by atoms with Gasteiger partial charge in [0.1, 0.15) is 0 Å². The van der Waals surface area contributed by atoms with E-state index in [2.05, 4.69) is 0 Å². The lowest BCUT2D eigenvalue weighted by Crippen LogP contribution is -2.46. The van der Waals surface area contributed by atoms with Gasteiger partial charge in [-0.05, 0) is 51.9 Å². The first-order chi connectivity index (χ1) is 7.74. The first-order valence-electron chi connectivity index (χ1n) is 6.08. The maximum absolute atomic E-state index is 12.5. The lowest BCUT2D eigenvalue weighted by Gasteiger charge is -2.32. The number of carbonyl (C=O) groups excluding carboxylic acids is 1. The molecule has 2 bridgehead atoms. The molecular formula is C12H17NO3S. The molecule has 1 heterocycles. The third-order valence-electron chi connectivity index (χ3n) is 4.02. The smallest absolute Gasteiger partial charge is 0.265 e. The molecule has 1 saturated carbocycles. The second kappa shape index (κ2) is 2.94. The Labute approximate surface area is 102 Å². The first kappa shape index (κ1) is 11.3. The molecule has 17 heavy (non-hydrogen) atoms. The van der Waals surface area contributed by atoms with Gasteiger partial charge >= 0.3 is 0 Å². The molecule has 2 atom stereocenters. The van der Waals surface area contributed by atoms with Gasteiger partial charge in [0, 0.05) is 5.57 Å². The van der Waals surface area contributed by atoms with Gasteiger partial charge in [-0.3, -0.25) is 4.79 Å². The lowest BCUT2D eigenvalue weighted by atomic mass is 9.96. The third-order valence-corrected chi connectivity index (χ3v) is 6.32. The standard InChI is InChI=1S/C12H17NO3S/c1-12(2,3)13-11(14)9-7-4-5-8(6-7)10(9)17(13,15)16/h7-8H,4-6H2,1-3H3. The Morgan fingerprint density at radius 3 is 2.29 bits per heavy atom. The molecular weight excluding hydrogens is 238 g/mol. The van der Waals surface area contributed by atoms with Gasteiger partial charge in [0.15, 0.2) is 0 Å². The van der Waals surface area contributed by atoms with Gasteiger partial charge in [0.25, 0.3) is 15.9 Å². The molecule has 0 aromatic carbocycles. The number of hydrogen-bond donors (Lipinski definition) is 0. The van der Waals surface area contributed by atoms with Crippen LogP contribution in [0.5, 0.6) is 0 Å². The summed E-state index contributed by atoms with van der Waals surface area (Å²) in [6.45, 7) is 5.31. The topological polar surface area (TPSA) is 54.5 Å². The zero-order valence-corrected chi connectivity index (χ0v) is 11.2. The molecule has 1 amide bonds. The number of hydrogen-bond acceptors (Lipinski definition) is 3. The molecule has 2 aliphatic carbocycles. The van der Waals surface area contributed by atoms with Crippen LogP contribution in [0.15, 0.2) is 10.5 Å². The average molecular weight is 255 g/mol. The molecule has 1 fully saturated rings. The van der Waals surface area contributed by atoms with E-state index >= 15 is 0 Å². The monoisotopic (exact) mass is 255 g/mol. The highest BCUT2D eigenvalue weighted by atomic mass is 32.2. The second-order valence-corrected chi connectivity index (χ2v) is 7.99. The van der Waals surface area contributed by atoms with Crippen molar-refractivity contribution < 1.29 is 13.2 Å². The summed E-state index contributed by atoms with van der Waals surface area (Å²) in [7, 11) is -3.54. The average Bonchev–Trinajstić information content (AvgIpc) is 2.76. The van der Waals surface area contributed by atoms with Crippen LogP contribution in [0.25, 0.3) is 0 Å². The summed E-state index contributed by atoms with van der Waals surface area (Å²) in [5.41, 5.74) is -0.0594. The number of rotatable bonds is 0. The van der Waals surface area contributed by atoms with E-state index in [-0.39, 0.29) is 17.7 Å². The molecule has 4 nitrogen and oxygen atoms in total. The maximum Gasteiger partial charge on any atom is 0.265 e.